The third kappa shape index (κ3) is 1.99. The fourth-order valence-electron chi connectivity index (χ4n) is 1.96. The van der Waals surface area contributed by atoms with Crippen LogP contribution in [0.3, 0.4) is 0 Å². The van der Waals surface area contributed by atoms with E-state index in [1.54, 1.807) is 19.1 Å². The zero-order valence-electron chi connectivity index (χ0n) is 10.6. The van der Waals surface area contributed by atoms with Gasteiger partial charge >= 0.3 is 12.2 Å². The third-order valence-corrected chi connectivity index (χ3v) is 2.75. The van der Waals surface area contributed by atoms with Crippen LogP contribution in [0.4, 0.5) is 4.79 Å². The maximum atomic E-state index is 11.2. The van der Waals surface area contributed by atoms with Crippen LogP contribution in [0, 0.1) is 0 Å². The summed E-state index contributed by atoms with van der Waals surface area (Å²) < 4.78 is 9.49. The van der Waals surface area contributed by atoms with E-state index < -0.39 is 6.16 Å². The number of aromatic hydroxyl groups is 1. The number of carbonyl (C=O) groups is 1. The summed E-state index contributed by atoms with van der Waals surface area (Å²) in [4.78, 5) is 22.3. The molecule has 0 amide bonds. The van der Waals surface area contributed by atoms with Crippen molar-refractivity contribution < 1.29 is 19.4 Å². The summed E-state index contributed by atoms with van der Waals surface area (Å²) in [6.07, 6.45) is 0.618. The van der Waals surface area contributed by atoms with Crippen LogP contribution < -0.4 is 4.74 Å². The Kier molecular flexibility index (Phi) is 2.86. The summed E-state index contributed by atoms with van der Waals surface area (Å²) in [6.45, 7) is 1.87. The Bertz CT molecular complexity index is 797. The molecule has 0 aliphatic rings. The zero-order chi connectivity index (χ0) is 14.1. The molecular weight excluding hydrogens is 262 g/mol. The largest absolute Gasteiger partial charge is 0.516 e. The lowest BCUT2D eigenvalue weighted by molar-refractivity contribution is 0.101. The van der Waals surface area contributed by atoms with Gasteiger partial charge in [-0.25, -0.2) is 9.78 Å². The predicted molar refractivity (Wildman–Crippen MR) is 70.7 cm³/mol. The highest BCUT2D eigenvalue weighted by atomic mass is 16.7. The summed E-state index contributed by atoms with van der Waals surface area (Å²) in [5.74, 6) is 0.0922. The van der Waals surface area contributed by atoms with E-state index in [9.17, 15) is 9.90 Å². The van der Waals surface area contributed by atoms with Gasteiger partial charge in [-0.15, -0.1) is 0 Å². The number of aromatic nitrogens is 3. The zero-order valence-corrected chi connectivity index (χ0v) is 10.6. The fourth-order valence-corrected chi connectivity index (χ4v) is 1.96. The van der Waals surface area contributed by atoms with Crippen LogP contribution in [0.15, 0.2) is 24.4 Å². The number of hydrogen-bond acceptors (Lipinski definition) is 6. The molecule has 3 rings (SSSR count). The number of nitrogens with one attached hydrogen (secondary N) is 1. The highest BCUT2D eigenvalue weighted by molar-refractivity contribution is 6.07. The monoisotopic (exact) mass is 273 g/mol. The Hall–Kier alpha value is -2.83. The van der Waals surface area contributed by atoms with E-state index in [0.717, 1.165) is 5.52 Å². The number of hydrogen-bond donors (Lipinski definition) is 2. The molecule has 20 heavy (non-hydrogen) atoms. The Balaban J connectivity index is 2.10. The molecule has 0 unspecified atom stereocenters. The first-order valence-electron chi connectivity index (χ1n) is 6.00. The number of H-pyrrole nitrogens is 1. The van der Waals surface area contributed by atoms with Gasteiger partial charge in [-0.1, -0.05) is 6.07 Å². The first-order chi connectivity index (χ1) is 9.69. The van der Waals surface area contributed by atoms with E-state index in [2.05, 4.69) is 19.7 Å². The van der Waals surface area contributed by atoms with Gasteiger partial charge in [-0.3, -0.25) is 0 Å². The topological polar surface area (TPSA) is 97.3 Å². The Morgan fingerprint density at radius 2 is 2.25 bits per heavy atom. The van der Waals surface area contributed by atoms with Crippen molar-refractivity contribution in [3.05, 3.63) is 24.4 Å². The van der Waals surface area contributed by atoms with Crippen molar-refractivity contribution in [1.82, 2.24) is 15.0 Å². The van der Waals surface area contributed by atoms with Gasteiger partial charge in [0.1, 0.15) is 11.3 Å². The number of phenolic OH excluding ortho intramolecular Hbond substituents is 1. The summed E-state index contributed by atoms with van der Waals surface area (Å²) in [5.41, 5.74) is 1.84. The molecule has 3 aromatic rings. The number of ether oxygens (including phenoxy) is 2. The molecule has 7 nitrogen and oxygen atoms in total. The fraction of sp³-hybridized carbons (Fsp3) is 0.154. The predicted octanol–water partition coefficient (Wildman–Crippen LogP) is 2.35. The molecule has 0 aliphatic heterocycles. The normalized spacial score (nSPS) is 10.8. The molecule has 2 aromatic heterocycles. The molecule has 0 aliphatic carbocycles. The molecule has 0 saturated carbocycles. The van der Waals surface area contributed by atoms with Gasteiger partial charge in [0, 0.05) is 0 Å². The molecule has 102 valence electrons. The molecule has 2 N–H and O–H groups in total. The summed E-state index contributed by atoms with van der Waals surface area (Å²) >= 11 is 0. The van der Waals surface area contributed by atoms with Gasteiger partial charge in [-0.05, 0) is 19.1 Å². The molecule has 0 atom stereocenters. The number of aromatic amines is 1. The van der Waals surface area contributed by atoms with Gasteiger partial charge in [0.05, 0.1) is 29.2 Å². The molecule has 0 bridgehead atoms. The van der Waals surface area contributed by atoms with E-state index in [4.69, 9.17) is 4.74 Å². The average Bonchev–Trinajstić information content (AvgIpc) is 2.78. The summed E-state index contributed by atoms with van der Waals surface area (Å²) in [6, 6.07) is 4.96. The molecule has 0 saturated heterocycles. The number of nitrogens with zero attached hydrogens (tertiary/aromatic N) is 2. The standard InChI is InChI=1S/C13H11N3O4/c1-2-19-13(18)20-12-14-6-8-11(16-12)10-7(15-8)4-3-5-9(10)17/h3-6,15,17H,2H2,1H3. The van der Waals surface area contributed by atoms with Crippen molar-refractivity contribution in [3.8, 4) is 11.8 Å². The second-order valence-corrected chi connectivity index (χ2v) is 4.02. The van der Waals surface area contributed by atoms with Crippen molar-refractivity contribution in [2.45, 2.75) is 6.92 Å². The summed E-state index contributed by atoms with van der Waals surface area (Å²) in [7, 11) is 0. The number of rotatable bonds is 2. The van der Waals surface area contributed by atoms with Crippen molar-refractivity contribution in [2.75, 3.05) is 6.61 Å². The second kappa shape index (κ2) is 4.69. The van der Waals surface area contributed by atoms with Crippen LogP contribution in [-0.2, 0) is 4.74 Å². The molecule has 2 heterocycles. The number of phenols is 1. The highest BCUT2D eigenvalue weighted by Gasteiger charge is 2.13. The highest BCUT2D eigenvalue weighted by Crippen LogP contribution is 2.31. The Labute approximate surface area is 113 Å². The van der Waals surface area contributed by atoms with Crippen LogP contribution in [0.1, 0.15) is 6.92 Å². The van der Waals surface area contributed by atoms with E-state index in [1.165, 1.54) is 6.20 Å². The van der Waals surface area contributed by atoms with Gasteiger partial charge in [0.25, 0.3) is 0 Å². The molecular formula is C13H11N3O4. The quantitative estimate of drug-likeness (QED) is 0.695. The van der Waals surface area contributed by atoms with Crippen molar-refractivity contribution >= 4 is 28.1 Å². The van der Waals surface area contributed by atoms with Crippen molar-refractivity contribution in [3.63, 3.8) is 0 Å². The van der Waals surface area contributed by atoms with Gasteiger partial charge < -0.3 is 19.6 Å². The van der Waals surface area contributed by atoms with Crippen molar-refractivity contribution in [1.29, 1.82) is 0 Å². The second-order valence-electron chi connectivity index (χ2n) is 4.02. The van der Waals surface area contributed by atoms with Crippen LogP contribution in [-0.4, -0.2) is 32.8 Å². The van der Waals surface area contributed by atoms with Crippen LogP contribution in [0.25, 0.3) is 21.9 Å². The maximum Gasteiger partial charge on any atom is 0.516 e. The maximum absolute atomic E-state index is 11.2. The lowest BCUT2D eigenvalue weighted by atomic mass is 10.2. The van der Waals surface area contributed by atoms with Crippen LogP contribution in [0.5, 0.6) is 11.8 Å². The number of carbonyl (C=O) groups excluding carboxylic acids is 1. The lowest BCUT2D eigenvalue weighted by Gasteiger charge is -2.01. The third-order valence-electron chi connectivity index (χ3n) is 2.75. The number of benzene rings is 1. The SMILES string of the molecule is CCOC(=O)Oc1ncc2[nH]c3cccc(O)c3c2n1. The molecule has 0 fully saturated rings. The molecule has 0 spiro atoms. The van der Waals surface area contributed by atoms with E-state index in [1.807, 2.05) is 6.07 Å². The minimum atomic E-state index is -0.865. The summed E-state index contributed by atoms with van der Waals surface area (Å²) in [5, 5.41) is 10.5. The molecule has 1 aromatic carbocycles. The average molecular weight is 273 g/mol. The van der Waals surface area contributed by atoms with Gasteiger partial charge in [0.15, 0.2) is 0 Å². The van der Waals surface area contributed by atoms with E-state index >= 15 is 0 Å². The Morgan fingerprint density at radius 1 is 1.40 bits per heavy atom. The van der Waals surface area contributed by atoms with Crippen LogP contribution in [0.2, 0.25) is 0 Å². The van der Waals surface area contributed by atoms with Crippen molar-refractivity contribution in [2.24, 2.45) is 0 Å². The Morgan fingerprint density at radius 3 is 3.05 bits per heavy atom. The molecule has 0 radical (unpaired) electrons. The number of fused-ring (bicyclic) bond motifs is 3. The first-order valence-corrected chi connectivity index (χ1v) is 6.00. The lowest BCUT2D eigenvalue weighted by Crippen LogP contribution is -2.11. The van der Waals surface area contributed by atoms with E-state index in [0.29, 0.717) is 16.4 Å². The molecule has 7 heteroatoms. The van der Waals surface area contributed by atoms with Gasteiger partial charge in [-0.2, -0.15) is 4.98 Å². The minimum Gasteiger partial charge on any atom is -0.507 e. The van der Waals surface area contributed by atoms with Crippen LogP contribution >= 0.6 is 0 Å². The smallest absolute Gasteiger partial charge is 0.507 e. The van der Waals surface area contributed by atoms with E-state index in [-0.39, 0.29) is 18.4 Å². The van der Waals surface area contributed by atoms with Gasteiger partial charge in [0.2, 0.25) is 0 Å². The minimum absolute atomic E-state index is 0.0922. The first kappa shape index (κ1) is 12.2.